The lowest BCUT2D eigenvalue weighted by Gasteiger charge is -2.18. The van der Waals surface area contributed by atoms with E-state index >= 15 is 0 Å². The van der Waals surface area contributed by atoms with E-state index in [1.165, 1.54) is 0 Å². The van der Waals surface area contributed by atoms with Gasteiger partial charge in [0, 0.05) is 33.8 Å². The molecule has 4 aromatic rings. The summed E-state index contributed by atoms with van der Waals surface area (Å²) in [6.07, 6.45) is 2.23. The Bertz CT molecular complexity index is 1240. The lowest BCUT2D eigenvalue weighted by molar-refractivity contribution is -0.117. The van der Waals surface area contributed by atoms with Crippen LogP contribution >= 0.6 is 27.5 Å². The lowest BCUT2D eigenvalue weighted by atomic mass is 10.1. The first-order valence-corrected chi connectivity index (χ1v) is 10.9. The number of aromatic nitrogens is 2. The van der Waals surface area contributed by atoms with Gasteiger partial charge in [-0.05, 0) is 57.4 Å². The second-order valence-corrected chi connectivity index (χ2v) is 8.52. The standard InChI is InChI=1S/C24H21BrClN3O2/c1-28(24(30)11-17-5-3-4-6-22(17)26)18-12-21(25)20-15-29(27-23(20)13-18)14-16-7-9-19(31-2)10-8-16/h3-10,12-13,15H,11,14H2,1-2H3. The van der Waals surface area contributed by atoms with Crippen LogP contribution in [0.1, 0.15) is 11.1 Å². The fourth-order valence-corrected chi connectivity index (χ4v) is 4.12. The van der Waals surface area contributed by atoms with Crippen LogP contribution in [0.2, 0.25) is 5.02 Å². The number of hydrogen-bond donors (Lipinski definition) is 0. The van der Waals surface area contributed by atoms with Crippen molar-refractivity contribution in [3.63, 3.8) is 0 Å². The highest BCUT2D eigenvalue weighted by atomic mass is 79.9. The normalized spacial score (nSPS) is 11.0. The molecule has 4 rings (SSSR count). The molecule has 0 N–H and O–H groups in total. The number of carbonyl (C=O) groups excluding carboxylic acids is 1. The molecular formula is C24H21BrClN3O2. The number of methoxy groups -OCH3 is 1. The van der Waals surface area contributed by atoms with Crippen molar-refractivity contribution >= 4 is 50.0 Å². The van der Waals surface area contributed by atoms with Crippen LogP contribution in [-0.4, -0.2) is 29.8 Å². The predicted molar refractivity (Wildman–Crippen MR) is 128 cm³/mol. The number of benzene rings is 3. The second-order valence-electron chi connectivity index (χ2n) is 7.26. The first-order chi connectivity index (χ1) is 14.9. The minimum atomic E-state index is -0.0444. The van der Waals surface area contributed by atoms with Gasteiger partial charge < -0.3 is 9.64 Å². The Labute approximate surface area is 194 Å². The van der Waals surface area contributed by atoms with Gasteiger partial charge in [0.25, 0.3) is 0 Å². The van der Waals surface area contributed by atoms with Gasteiger partial charge in [-0.15, -0.1) is 0 Å². The van der Waals surface area contributed by atoms with Crippen molar-refractivity contribution in [2.24, 2.45) is 0 Å². The summed E-state index contributed by atoms with van der Waals surface area (Å²) in [6.45, 7) is 0.641. The van der Waals surface area contributed by atoms with E-state index in [-0.39, 0.29) is 12.3 Å². The molecule has 0 bridgehead atoms. The SMILES string of the molecule is COc1ccc(Cn2cc3c(Br)cc(N(C)C(=O)Cc4ccccc4Cl)cc3n2)cc1. The number of nitrogens with zero attached hydrogens (tertiary/aromatic N) is 3. The van der Waals surface area contributed by atoms with Gasteiger partial charge in [0.15, 0.2) is 0 Å². The van der Waals surface area contributed by atoms with Crippen LogP contribution in [0.3, 0.4) is 0 Å². The Hall–Kier alpha value is -2.83. The number of fused-ring (bicyclic) bond motifs is 1. The number of amides is 1. The molecule has 158 valence electrons. The van der Waals surface area contributed by atoms with E-state index in [9.17, 15) is 4.79 Å². The fourth-order valence-electron chi connectivity index (χ4n) is 3.38. The zero-order chi connectivity index (χ0) is 22.0. The summed E-state index contributed by atoms with van der Waals surface area (Å²) < 4.78 is 8.00. The van der Waals surface area contributed by atoms with Crippen molar-refractivity contribution in [2.45, 2.75) is 13.0 Å². The van der Waals surface area contributed by atoms with E-state index in [0.29, 0.717) is 11.6 Å². The topological polar surface area (TPSA) is 47.4 Å². The number of carbonyl (C=O) groups is 1. The Balaban J connectivity index is 1.56. The van der Waals surface area contributed by atoms with Crippen LogP contribution in [-0.2, 0) is 17.8 Å². The van der Waals surface area contributed by atoms with Gasteiger partial charge in [0.05, 0.1) is 25.6 Å². The van der Waals surface area contributed by atoms with Crippen molar-refractivity contribution in [1.82, 2.24) is 9.78 Å². The van der Waals surface area contributed by atoms with Crippen molar-refractivity contribution in [1.29, 1.82) is 0 Å². The fraction of sp³-hybridized carbons (Fsp3) is 0.167. The van der Waals surface area contributed by atoms with Crippen LogP contribution in [0, 0.1) is 0 Å². The maximum atomic E-state index is 12.8. The highest BCUT2D eigenvalue weighted by Gasteiger charge is 2.16. The second kappa shape index (κ2) is 9.12. The van der Waals surface area contributed by atoms with Gasteiger partial charge >= 0.3 is 0 Å². The van der Waals surface area contributed by atoms with Crippen molar-refractivity contribution in [3.05, 3.63) is 87.5 Å². The van der Waals surface area contributed by atoms with E-state index in [0.717, 1.165) is 37.9 Å². The maximum absolute atomic E-state index is 12.8. The summed E-state index contributed by atoms with van der Waals surface area (Å²) in [5.74, 6) is 0.781. The molecule has 0 saturated heterocycles. The van der Waals surface area contributed by atoms with Crippen LogP contribution in [0.15, 0.2) is 71.3 Å². The Morgan fingerprint density at radius 3 is 2.61 bits per heavy atom. The molecule has 0 saturated carbocycles. The molecule has 1 heterocycles. The van der Waals surface area contributed by atoms with E-state index in [1.54, 1.807) is 25.1 Å². The van der Waals surface area contributed by atoms with Gasteiger partial charge in [-0.3, -0.25) is 9.48 Å². The number of anilines is 1. The van der Waals surface area contributed by atoms with E-state index < -0.39 is 0 Å². The zero-order valence-electron chi connectivity index (χ0n) is 17.2. The molecule has 31 heavy (non-hydrogen) atoms. The maximum Gasteiger partial charge on any atom is 0.231 e. The Morgan fingerprint density at radius 2 is 1.90 bits per heavy atom. The molecule has 0 aliphatic carbocycles. The highest BCUT2D eigenvalue weighted by molar-refractivity contribution is 9.10. The summed E-state index contributed by atoms with van der Waals surface area (Å²) in [7, 11) is 3.42. The summed E-state index contributed by atoms with van der Waals surface area (Å²) in [5.41, 5.74) is 3.52. The molecule has 1 amide bonds. The zero-order valence-corrected chi connectivity index (χ0v) is 19.5. The smallest absolute Gasteiger partial charge is 0.231 e. The van der Waals surface area contributed by atoms with E-state index in [2.05, 4.69) is 15.9 Å². The van der Waals surface area contributed by atoms with Gasteiger partial charge in [-0.2, -0.15) is 5.10 Å². The molecule has 5 nitrogen and oxygen atoms in total. The van der Waals surface area contributed by atoms with Gasteiger partial charge in [-0.25, -0.2) is 0 Å². The molecular weight excluding hydrogens is 478 g/mol. The predicted octanol–water partition coefficient (Wildman–Crippen LogP) is 5.71. The molecule has 0 unspecified atom stereocenters. The Morgan fingerprint density at radius 1 is 1.16 bits per heavy atom. The van der Waals surface area contributed by atoms with Gasteiger partial charge in [-0.1, -0.05) is 41.9 Å². The number of rotatable bonds is 6. The Kier molecular flexibility index (Phi) is 6.30. The van der Waals surface area contributed by atoms with Crippen LogP contribution in [0.5, 0.6) is 5.75 Å². The largest absolute Gasteiger partial charge is 0.497 e. The molecule has 0 aliphatic rings. The molecule has 7 heteroatoms. The summed E-state index contributed by atoms with van der Waals surface area (Å²) >= 11 is 9.84. The number of ether oxygens (including phenoxy) is 1. The van der Waals surface area contributed by atoms with Crippen molar-refractivity contribution in [3.8, 4) is 5.75 Å². The average Bonchev–Trinajstić information content (AvgIpc) is 3.18. The van der Waals surface area contributed by atoms with Gasteiger partial charge in [0.1, 0.15) is 5.75 Å². The number of likely N-dealkylation sites (N-methyl/N-ethyl adjacent to an activating group) is 1. The average molecular weight is 499 g/mol. The van der Waals surface area contributed by atoms with Crippen LogP contribution in [0.25, 0.3) is 10.9 Å². The summed E-state index contributed by atoms with van der Waals surface area (Å²) in [4.78, 5) is 14.5. The summed E-state index contributed by atoms with van der Waals surface area (Å²) in [5, 5.41) is 6.29. The minimum absolute atomic E-state index is 0.0444. The molecule has 0 atom stereocenters. The monoisotopic (exact) mass is 497 g/mol. The third kappa shape index (κ3) is 4.75. The summed E-state index contributed by atoms with van der Waals surface area (Å²) in [6, 6.07) is 19.2. The minimum Gasteiger partial charge on any atom is -0.497 e. The van der Waals surface area contributed by atoms with Crippen LogP contribution in [0.4, 0.5) is 5.69 Å². The first kappa shape index (κ1) is 21.4. The quantitative estimate of drug-likeness (QED) is 0.342. The van der Waals surface area contributed by atoms with Gasteiger partial charge in [0.2, 0.25) is 5.91 Å². The molecule has 3 aromatic carbocycles. The molecule has 0 spiro atoms. The third-order valence-electron chi connectivity index (χ3n) is 5.17. The third-order valence-corrected chi connectivity index (χ3v) is 6.20. The lowest BCUT2D eigenvalue weighted by Crippen LogP contribution is -2.27. The number of hydrogen-bond acceptors (Lipinski definition) is 3. The molecule has 0 aliphatic heterocycles. The number of halogens is 2. The van der Waals surface area contributed by atoms with Crippen molar-refractivity contribution < 1.29 is 9.53 Å². The molecule has 0 radical (unpaired) electrons. The van der Waals surface area contributed by atoms with Crippen molar-refractivity contribution in [2.75, 3.05) is 19.1 Å². The van der Waals surface area contributed by atoms with E-state index in [1.807, 2.05) is 65.5 Å². The molecule has 1 aromatic heterocycles. The first-order valence-electron chi connectivity index (χ1n) is 9.74. The van der Waals surface area contributed by atoms with E-state index in [4.69, 9.17) is 21.4 Å². The van der Waals surface area contributed by atoms with Crippen LogP contribution < -0.4 is 9.64 Å². The molecule has 0 fully saturated rings. The highest BCUT2D eigenvalue weighted by Crippen LogP contribution is 2.30.